The van der Waals surface area contributed by atoms with E-state index in [1.165, 1.54) is 19.2 Å². The predicted molar refractivity (Wildman–Crippen MR) is 108 cm³/mol. The minimum atomic E-state index is -1.05. The van der Waals surface area contributed by atoms with Crippen LogP contribution >= 0.6 is 0 Å². The molecule has 0 aliphatic carbocycles. The second-order valence-electron chi connectivity index (χ2n) is 7.34. The molecule has 0 amide bonds. The molecular formula is C23H24F2N2O3. The molecule has 0 saturated carbocycles. The molecule has 4 rings (SSSR count). The number of benzene rings is 2. The third kappa shape index (κ3) is 3.82. The quantitative estimate of drug-likeness (QED) is 0.587. The fourth-order valence-corrected chi connectivity index (χ4v) is 3.88. The Morgan fingerprint density at radius 1 is 1.10 bits per heavy atom. The van der Waals surface area contributed by atoms with Crippen LogP contribution in [0.15, 0.2) is 48.8 Å². The Labute approximate surface area is 174 Å². The zero-order valence-electron chi connectivity index (χ0n) is 17.0. The Morgan fingerprint density at radius 3 is 2.47 bits per heavy atom. The molecule has 1 saturated heterocycles. The molecule has 0 bridgehead atoms. The average molecular weight is 414 g/mol. The van der Waals surface area contributed by atoms with Gasteiger partial charge in [-0.2, -0.15) is 0 Å². The molecule has 0 radical (unpaired) electrons. The van der Waals surface area contributed by atoms with Gasteiger partial charge in [0.1, 0.15) is 23.8 Å². The molecule has 0 unspecified atom stereocenters. The molecule has 0 N–H and O–H groups in total. The lowest BCUT2D eigenvalue weighted by molar-refractivity contribution is -0.0986. The molecule has 1 aromatic heterocycles. The van der Waals surface area contributed by atoms with Crippen molar-refractivity contribution in [2.75, 3.05) is 20.3 Å². The first-order chi connectivity index (χ1) is 14.5. The summed E-state index contributed by atoms with van der Waals surface area (Å²) in [5, 5.41) is 0. The number of rotatable bonds is 6. The molecule has 2 heterocycles. The predicted octanol–water partition coefficient (Wildman–Crippen LogP) is 4.69. The summed E-state index contributed by atoms with van der Waals surface area (Å²) in [5.74, 6) is -0.461. The molecule has 1 aliphatic heterocycles. The number of aromatic nitrogens is 2. The maximum atomic E-state index is 15.3. The third-order valence-electron chi connectivity index (χ3n) is 5.64. The lowest BCUT2D eigenvalue weighted by Gasteiger charge is -2.36. The summed E-state index contributed by atoms with van der Waals surface area (Å²) in [4.78, 5) is 4.22. The van der Waals surface area contributed by atoms with Gasteiger partial charge in [0.05, 0.1) is 5.56 Å². The van der Waals surface area contributed by atoms with Crippen LogP contribution in [0.25, 0.3) is 5.69 Å². The van der Waals surface area contributed by atoms with Crippen LogP contribution in [0.5, 0.6) is 5.75 Å². The smallest absolute Gasteiger partial charge is 0.174 e. The monoisotopic (exact) mass is 414 g/mol. The number of hydrogen-bond acceptors (Lipinski definition) is 4. The molecule has 158 valence electrons. The van der Waals surface area contributed by atoms with Gasteiger partial charge in [-0.25, -0.2) is 13.8 Å². The average Bonchev–Trinajstić information content (AvgIpc) is 3.20. The van der Waals surface area contributed by atoms with Crippen molar-refractivity contribution >= 4 is 0 Å². The maximum absolute atomic E-state index is 15.3. The SMILES string of the molecule is COC1(c2c(F)ccc(OCc3ccc(-n4ccnc4C)cc3)c2F)CCOCC1. The molecule has 3 aromatic rings. The first kappa shape index (κ1) is 20.5. The molecule has 7 heteroatoms. The van der Waals surface area contributed by atoms with Crippen LogP contribution in [0.1, 0.15) is 29.8 Å². The van der Waals surface area contributed by atoms with E-state index in [1.807, 2.05) is 42.0 Å². The van der Waals surface area contributed by atoms with E-state index in [1.54, 1.807) is 6.20 Å². The van der Waals surface area contributed by atoms with Gasteiger partial charge < -0.3 is 18.8 Å². The molecule has 2 aromatic carbocycles. The standard InChI is InChI=1S/C23H24F2N2O3/c1-16-26-11-12-27(16)18-5-3-17(4-6-18)15-30-20-8-7-19(24)21(22(20)25)23(28-2)9-13-29-14-10-23/h3-8,11-12H,9-10,13-15H2,1-2H3. The van der Waals surface area contributed by atoms with Crippen molar-refractivity contribution in [2.45, 2.75) is 32.0 Å². The summed E-state index contributed by atoms with van der Waals surface area (Å²) >= 11 is 0. The zero-order valence-corrected chi connectivity index (χ0v) is 17.0. The van der Waals surface area contributed by atoms with E-state index in [4.69, 9.17) is 14.2 Å². The van der Waals surface area contributed by atoms with Gasteiger partial charge in [0.15, 0.2) is 11.6 Å². The molecule has 0 spiro atoms. The van der Waals surface area contributed by atoms with Gasteiger partial charge in [0, 0.05) is 51.2 Å². The molecule has 1 aliphatic rings. The number of ether oxygens (including phenoxy) is 3. The Hall–Kier alpha value is -2.77. The number of halogens is 2. The highest BCUT2D eigenvalue weighted by Gasteiger charge is 2.40. The van der Waals surface area contributed by atoms with Crippen molar-refractivity contribution in [3.63, 3.8) is 0 Å². The zero-order chi connectivity index (χ0) is 21.1. The van der Waals surface area contributed by atoms with Crippen LogP contribution in [0.2, 0.25) is 0 Å². The molecule has 1 fully saturated rings. The summed E-state index contributed by atoms with van der Waals surface area (Å²) in [7, 11) is 1.47. The highest BCUT2D eigenvalue weighted by Crippen LogP contribution is 2.40. The largest absolute Gasteiger partial charge is 0.486 e. The third-order valence-corrected chi connectivity index (χ3v) is 5.64. The summed E-state index contributed by atoms with van der Waals surface area (Å²) < 4.78 is 48.4. The van der Waals surface area contributed by atoms with Crippen LogP contribution in [0.3, 0.4) is 0 Å². The number of nitrogens with zero attached hydrogens (tertiary/aromatic N) is 2. The fraction of sp³-hybridized carbons (Fsp3) is 0.348. The van der Waals surface area contributed by atoms with Crippen LogP contribution in [-0.2, 0) is 21.7 Å². The maximum Gasteiger partial charge on any atom is 0.174 e. The van der Waals surface area contributed by atoms with E-state index in [0.717, 1.165) is 17.1 Å². The minimum Gasteiger partial charge on any atom is -0.486 e. The van der Waals surface area contributed by atoms with Crippen molar-refractivity contribution < 1.29 is 23.0 Å². The molecule has 5 nitrogen and oxygen atoms in total. The summed E-state index contributed by atoms with van der Waals surface area (Å²) in [6, 6.07) is 10.3. The normalized spacial score (nSPS) is 15.9. The summed E-state index contributed by atoms with van der Waals surface area (Å²) in [6.07, 6.45) is 4.40. The van der Waals surface area contributed by atoms with Gasteiger partial charge in [-0.05, 0) is 36.8 Å². The Bertz CT molecular complexity index is 1010. The van der Waals surface area contributed by atoms with Crippen molar-refractivity contribution in [3.8, 4) is 11.4 Å². The van der Waals surface area contributed by atoms with Crippen molar-refractivity contribution in [1.29, 1.82) is 0 Å². The molecule has 0 atom stereocenters. The van der Waals surface area contributed by atoms with E-state index in [-0.39, 0.29) is 17.9 Å². The van der Waals surface area contributed by atoms with Crippen molar-refractivity contribution in [2.24, 2.45) is 0 Å². The van der Waals surface area contributed by atoms with Gasteiger partial charge in [-0.1, -0.05) is 12.1 Å². The topological polar surface area (TPSA) is 45.5 Å². The van der Waals surface area contributed by atoms with Crippen molar-refractivity contribution in [3.05, 3.63) is 77.4 Å². The second-order valence-corrected chi connectivity index (χ2v) is 7.34. The number of aryl methyl sites for hydroxylation is 1. The highest BCUT2D eigenvalue weighted by molar-refractivity contribution is 5.38. The van der Waals surface area contributed by atoms with E-state index in [2.05, 4.69) is 4.98 Å². The molecular weight excluding hydrogens is 390 g/mol. The van der Waals surface area contributed by atoms with Gasteiger partial charge in [-0.15, -0.1) is 0 Å². The Morgan fingerprint density at radius 2 is 1.83 bits per heavy atom. The fourth-order valence-electron chi connectivity index (χ4n) is 3.88. The summed E-state index contributed by atoms with van der Waals surface area (Å²) in [6.45, 7) is 2.87. The van der Waals surface area contributed by atoms with E-state index < -0.39 is 17.2 Å². The van der Waals surface area contributed by atoms with Crippen LogP contribution in [0, 0.1) is 18.6 Å². The highest BCUT2D eigenvalue weighted by atomic mass is 19.1. The van der Waals surface area contributed by atoms with E-state index in [9.17, 15) is 4.39 Å². The molecule has 30 heavy (non-hydrogen) atoms. The van der Waals surface area contributed by atoms with Crippen LogP contribution < -0.4 is 4.74 Å². The van der Waals surface area contributed by atoms with Gasteiger partial charge in [0.2, 0.25) is 0 Å². The first-order valence-corrected chi connectivity index (χ1v) is 9.87. The van der Waals surface area contributed by atoms with Gasteiger partial charge in [-0.3, -0.25) is 0 Å². The van der Waals surface area contributed by atoms with Crippen LogP contribution in [-0.4, -0.2) is 29.9 Å². The van der Waals surface area contributed by atoms with Crippen molar-refractivity contribution in [1.82, 2.24) is 9.55 Å². The number of hydrogen-bond donors (Lipinski definition) is 0. The van der Waals surface area contributed by atoms with Gasteiger partial charge in [0.25, 0.3) is 0 Å². The lowest BCUT2D eigenvalue weighted by Crippen LogP contribution is -2.37. The first-order valence-electron chi connectivity index (χ1n) is 9.87. The van der Waals surface area contributed by atoms with E-state index in [0.29, 0.717) is 26.1 Å². The second kappa shape index (κ2) is 8.53. The Balaban J connectivity index is 1.53. The van der Waals surface area contributed by atoms with Crippen LogP contribution in [0.4, 0.5) is 8.78 Å². The lowest BCUT2D eigenvalue weighted by atomic mass is 9.85. The van der Waals surface area contributed by atoms with E-state index >= 15 is 4.39 Å². The van der Waals surface area contributed by atoms with Gasteiger partial charge >= 0.3 is 0 Å². The minimum absolute atomic E-state index is 0.00356. The summed E-state index contributed by atoms with van der Waals surface area (Å²) in [5.41, 5.74) is 0.715. The number of methoxy groups -OCH3 is 1. The number of imidazole rings is 1. The Kier molecular flexibility index (Phi) is 5.83.